The lowest BCUT2D eigenvalue weighted by atomic mass is 9.97. The number of rotatable bonds is 6. The van der Waals surface area contributed by atoms with Gasteiger partial charge in [-0.3, -0.25) is 4.79 Å². The van der Waals surface area contributed by atoms with Gasteiger partial charge in [0, 0.05) is 42.7 Å². The molecule has 1 aliphatic rings. The van der Waals surface area contributed by atoms with Crippen LogP contribution >= 0.6 is 11.6 Å². The molecular weight excluding hydrogens is 474 g/mol. The monoisotopic (exact) mass is 499 g/mol. The molecule has 2 heterocycles. The van der Waals surface area contributed by atoms with Crippen LogP contribution in [-0.4, -0.2) is 40.4 Å². The molecule has 4 rings (SSSR count). The number of hydrogen-bond acceptors (Lipinski definition) is 6. The number of likely N-dealkylation sites (N-methyl/N-ethyl adjacent to an activating group) is 1. The zero-order chi connectivity index (χ0) is 25.8. The topological polar surface area (TPSA) is 91.1 Å². The molecule has 0 saturated carbocycles. The minimum Gasteiger partial charge on any atom is -0.454 e. The Bertz CT molecular complexity index is 1410. The van der Waals surface area contributed by atoms with E-state index in [1.165, 1.54) is 6.33 Å². The van der Waals surface area contributed by atoms with Crippen LogP contribution in [0.25, 0.3) is 11.3 Å². The zero-order valence-electron chi connectivity index (χ0n) is 20.5. The number of dihydropyridines is 1. The summed E-state index contributed by atoms with van der Waals surface area (Å²) in [6.45, 7) is 6.68. The molecule has 182 valence electrons. The highest BCUT2D eigenvalue weighted by molar-refractivity contribution is 6.32. The summed E-state index contributed by atoms with van der Waals surface area (Å²) < 4.78 is 6.00. The minimum absolute atomic E-state index is 0.148. The van der Waals surface area contributed by atoms with Crippen molar-refractivity contribution in [3.05, 3.63) is 94.1 Å². The van der Waals surface area contributed by atoms with E-state index in [-0.39, 0.29) is 17.0 Å². The lowest BCUT2D eigenvalue weighted by Gasteiger charge is -2.29. The van der Waals surface area contributed by atoms with Crippen LogP contribution in [0.15, 0.2) is 77.9 Å². The first-order valence-electron chi connectivity index (χ1n) is 11.4. The normalized spacial score (nSPS) is 15.0. The number of nitrogens with zero attached hydrogens (tertiary/aromatic N) is 4. The van der Waals surface area contributed by atoms with E-state index in [1.807, 2.05) is 6.92 Å². The maximum absolute atomic E-state index is 13.1. The molecule has 0 fully saturated rings. The van der Waals surface area contributed by atoms with Gasteiger partial charge in [0.1, 0.15) is 29.5 Å². The Balaban J connectivity index is 1.55. The molecule has 1 amide bonds. The Morgan fingerprint density at radius 2 is 2.03 bits per heavy atom. The lowest BCUT2D eigenvalue weighted by molar-refractivity contribution is 0.0805. The van der Waals surface area contributed by atoms with Crippen molar-refractivity contribution >= 4 is 17.5 Å². The first-order chi connectivity index (χ1) is 17.3. The molecule has 1 aliphatic heterocycles. The smallest absolute Gasteiger partial charge is 0.253 e. The van der Waals surface area contributed by atoms with Crippen LogP contribution in [0.4, 0.5) is 0 Å². The molecular formula is C28H26ClN5O2. The van der Waals surface area contributed by atoms with E-state index in [0.717, 1.165) is 16.8 Å². The first-order valence-corrected chi connectivity index (χ1v) is 11.8. The second-order valence-electron chi connectivity index (χ2n) is 8.70. The number of aromatic nitrogens is 2. The summed E-state index contributed by atoms with van der Waals surface area (Å²) >= 11 is 6.51. The molecule has 0 spiro atoms. The Hall–Kier alpha value is -4.15. The molecule has 8 heteroatoms. The van der Waals surface area contributed by atoms with Gasteiger partial charge in [-0.2, -0.15) is 5.26 Å². The van der Waals surface area contributed by atoms with E-state index >= 15 is 0 Å². The van der Waals surface area contributed by atoms with Gasteiger partial charge in [0.25, 0.3) is 5.91 Å². The number of nitriles is 1. The minimum atomic E-state index is -0.148. The number of carbonyl (C=O) groups is 1. The number of allylic oxidation sites excluding steroid dienone is 3. The van der Waals surface area contributed by atoms with Gasteiger partial charge < -0.3 is 15.0 Å². The highest BCUT2D eigenvalue weighted by Crippen LogP contribution is 2.35. The summed E-state index contributed by atoms with van der Waals surface area (Å²) in [6.07, 6.45) is 5.13. The second kappa shape index (κ2) is 10.6. The van der Waals surface area contributed by atoms with Crippen molar-refractivity contribution in [1.82, 2.24) is 20.2 Å². The van der Waals surface area contributed by atoms with Crippen molar-refractivity contribution < 1.29 is 9.53 Å². The SMILES string of the molecule is CC1=CC(C)=C(CN(C)C(=O)c2ccc(Oc3cccc(-c4ccncn4)c3C#N)c(Cl)c2)C(C)N1. The van der Waals surface area contributed by atoms with E-state index in [2.05, 4.69) is 41.3 Å². The number of nitrogens with one attached hydrogen (secondary N) is 1. The highest BCUT2D eigenvalue weighted by Gasteiger charge is 2.21. The zero-order valence-corrected chi connectivity index (χ0v) is 21.3. The number of halogens is 1. The molecule has 2 aromatic carbocycles. The van der Waals surface area contributed by atoms with Crippen LogP contribution in [0.1, 0.15) is 36.7 Å². The summed E-state index contributed by atoms with van der Waals surface area (Å²) in [5, 5.41) is 13.5. The maximum Gasteiger partial charge on any atom is 0.253 e. The Morgan fingerprint density at radius 3 is 2.69 bits per heavy atom. The van der Waals surface area contributed by atoms with Gasteiger partial charge in [-0.25, -0.2) is 9.97 Å². The summed E-state index contributed by atoms with van der Waals surface area (Å²) in [6, 6.07) is 14.2. The van der Waals surface area contributed by atoms with E-state index in [1.54, 1.807) is 60.6 Å². The maximum atomic E-state index is 13.1. The molecule has 1 N–H and O–H groups in total. The van der Waals surface area contributed by atoms with Gasteiger partial charge in [-0.15, -0.1) is 0 Å². The van der Waals surface area contributed by atoms with Gasteiger partial charge in [-0.05, 0) is 68.3 Å². The number of ether oxygens (including phenoxy) is 1. The fraction of sp³-hybridized carbons (Fsp3) is 0.214. The molecule has 0 bridgehead atoms. The number of benzene rings is 2. The fourth-order valence-electron chi connectivity index (χ4n) is 4.27. The van der Waals surface area contributed by atoms with Crippen molar-refractivity contribution in [2.75, 3.05) is 13.6 Å². The largest absolute Gasteiger partial charge is 0.454 e. The predicted molar refractivity (Wildman–Crippen MR) is 140 cm³/mol. The predicted octanol–water partition coefficient (Wildman–Crippen LogP) is 5.74. The van der Waals surface area contributed by atoms with Crippen molar-refractivity contribution in [3.63, 3.8) is 0 Å². The molecule has 0 radical (unpaired) electrons. The van der Waals surface area contributed by atoms with Crippen LogP contribution in [-0.2, 0) is 0 Å². The average Bonchev–Trinajstić information content (AvgIpc) is 2.87. The van der Waals surface area contributed by atoms with Crippen LogP contribution in [0.5, 0.6) is 11.5 Å². The van der Waals surface area contributed by atoms with Crippen LogP contribution in [0.2, 0.25) is 5.02 Å². The number of hydrogen-bond donors (Lipinski definition) is 1. The van der Waals surface area contributed by atoms with Crippen molar-refractivity contribution in [2.24, 2.45) is 0 Å². The third-order valence-electron chi connectivity index (χ3n) is 6.06. The standard InChI is InChI=1S/C28H26ClN5O2/c1-17-12-18(2)33-19(3)23(17)15-34(4)28(35)20-8-9-27(24(29)13-20)36-26-7-5-6-21(22(26)14-30)25-10-11-31-16-32-25/h5-13,16,19,33H,15H2,1-4H3. The average molecular weight is 500 g/mol. The third-order valence-corrected chi connectivity index (χ3v) is 6.35. The Morgan fingerprint density at radius 1 is 1.22 bits per heavy atom. The third kappa shape index (κ3) is 5.24. The molecule has 1 unspecified atom stereocenters. The molecule has 0 saturated heterocycles. The number of carbonyl (C=O) groups excluding carboxylic acids is 1. The van der Waals surface area contributed by atoms with E-state index in [0.29, 0.717) is 40.4 Å². The van der Waals surface area contributed by atoms with Crippen LogP contribution in [0, 0.1) is 11.3 Å². The lowest BCUT2D eigenvalue weighted by Crippen LogP contribution is -2.37. The molecule has 0 aliphatic carbocycles. The first kappa shape index (κ1) is 25.0. The summed E-state index contributed by atoms with van der Waals surface area (Å²) in [5.41, 5.74) is 5.46. The summed E-state index contributed by atoms with van der Waals surface area (Å²) in [4.78, 5) is 23.0. The highest BCUT2D eigenvalue weighted by atomic mass is 35.5. The van der Waals surface area contributed by atoms with Gasteiger partial charge in [0.05, 0.1) is 10.7 Å². The second-order valence-corrected chi connectivity index (χ2v) is 9.10. The fourth-order valence-corrected chi connectivity index (χ4v) is 4.49. The summed E-state index contributed by atoms with van der Waals surface area (Å²) in [7, 11) is 1.77. The van der Waals surface area contributed by atoms with Gasteiger partial charge in [0.2, 0.25) is 0 Å². The van der Waals surface area contributed by atoms with E-state index in [9.17, 15) is 10.1 Å². The molecule has 1 aromatic heterocycles. The summed E-state index contributed by atoms with van der Waals surface area (Å²) in [5.74, 6) is 0.540. The molecule has 1 atom stereocenters. The van der Waals surface area contributed by atoms with Crippen molar-refractivity contribution in [3.8, 4) is 28.8 Å². The van der Waals surface area contributed by atoms with Crippen molar-refractivity contribution in [1.29, 1.82) is 5.26 Å². The van der Waals surface area contributed by atoms with E-state index < -0.39 is 0 Å². The van der Waals surface area contributed by atoms with Gasteiger partial charge in [-0.1, -0.05) is 23.7 Å². The molecule has 3 aromatic rings. The molecule has 36 heavy (non-hydrogen) atoms. The molecule has 7 nitrogen and oxygen atoms in total. The van der Waals surface area contributed by atoms with Crippen LogP contribution < -0.4 is 10.1 Å². The van der Waals surface area contributed by atoms with Crippen LogP contribution in [0.3, 0.4) is 0 Å². The Kier molecular flexibility index (Phi) is 7.37. The Labute approximate surface area is 215 Å². The van der Waals surface area contributed by atoms with Crippen molar-refractivity contribution in [2.45, 2.75) is 26.8 Å². The quantitative estimate of drug-likeness (QED) is 0.464. The number of amides is 1. The van der Waals surface area contributed by atoms with Gasteiger partial charge >= 0.3 is 0 Å². The van der Waals surface area contributed by atoms with Gasteiger partial charge in [0.15, 0.2) is 0 Å². The van der Waals surface area contributed by atoms with E-state index in [4.69, 9.17) is 16.3 Å².